The fourth-order valence-corrected chi connectivity index (χ4v) is 3.50. The molecular weight excluding hydrogens is 340 g/mol. The zero-order valence-corrected chi connectivity index (χ0v) is 15.8. The van der Waals surface area contributed by atoms with E-state index in [0.717, 1.165) is 48.4 Å². The van der Waals surface area contributed by atoms with Gasteiger partial charge >= 0.3 is 0 Å². The molecule has 27 heavy (non-hydrogen) atoms. The van der Waals surface area contributed by atoms with Crippen molar-refractivity contribution in [3.63, 3.8) is 0 Å². The molecule has 1 amide bonds. The zero-order valence-electron chi connectivity index (χ0n) is 15.8. The van der Waals surface area contributed by atoms with Gasteiger partial charge in [-0.2, -0.15) is 0 Å². The Morgan fingerprint density at radius 3 is 2.67 bits per heavy atom. The van der Waals surface area contributed by atoms with E-state index in [4.69, 9.17) is 4.52 Å². The molecule has 0 unspecified atom stereocenters. The zero-order chi connectivity index (χ0) is 18.8. The van der Waals surface area contributed by atoms with Gasteiger partial charge in [-0.15, -0.1) is 0 Å². The summed E-state index contributed by atoms with van der Waals surface area (Å²) >= 11 is 0. The highest BCUT2D eigenvalue weighted by atomic mass is 16.5. The van der Waals surface area contributed by atoms with Crippen LogP contribution in [0.4, 0.5) is 5.69 Å². The number of amides is 1. The molecular formula is C21H24N4O2. The number of likely N-dealkylation sites (N-methyl/N-ethyl adjacent to an activating group) is 1. The third kappa shape index (κ3) is 3.72. The fourth-order valence-electron chi connectivity index (χ4n) is 3.50. The first-order valence-electron chi connectivity index (χ1n) is 9.24. The molecule has 0 radical (unpaired) electrons. The van der Waals surface area contributed by atoms with Gasteiger partial charge in [0, 0.05) is 44.7 Å². The van der Waals surface area contributed by atoms with Gasteiger partial charge in [0.05, 0.1) is 12.2 Å². The molecule has 0 atom stereocenters. The van der Waals surface area contributed by atoms with Crippen molar-refractivity contribution < 1.29 is 9.32 Å². The Bertz CT molecular complexity index is 939. The summed E-state index contributed by atoms with van der Waals surface area (Å²) in [7, 11) is 3.91. The standard InChI is InChI=1S/C21H24N4O2/c1-23-10-12-25(13-11-23)15-17-14-19(22-27-17)21(26)24(2)20-9-5-7-16-6-3-4-8-18(16)20/h3-9,14H,10-13,15H2,1-2H3. The van der Waals surface area contributed by atoms with Gasteiger partial charge in [-0.1, -0.05) is 41.6 Å². The lowest BCUT2D eigenvalue weighted by molar-refractivity contribution is 0.0984. The van der Waals surface area contributed by atoms with E-state index in [1.807, 2.05) is 42.5 Å². The van der Waals surface area contributed by atoms with Gasteiger partial charge in [0.15, 0.2) is 11.5 Å². The van der Waals surface area contributed by atoms with Gasteiger partial charge < -0.3 is 14.3 Å². The van der Waals surface area contributed by atoms with Gasteiger partial charge in [0.25, 0.3) is 5.91 Å². The topological polar surface area (TPSA) is 52.8 Å². The molecule has 1 aromatic heterocycles. The second-order valence-corrected chi connectivity index (χ2v) is 7.12. The van der Waals surface area contributed by atoms with Crippen LogP contribution in [0.2, 0.25) is 0 Å². The van der Waals surface area contributed by atoms with Crippen molar-refractivity contribution in [3.8, 4) is 0 Å². The second kappa shape index (κ2) is 7.50. The summed E-state index contributed by atoms with van der Waals surface area (Å²) in [5.74, 6) is 0.564. The Balaban J connectivity index is 1.50. The predicted molar refractivity (Wildman–Crippen MR) is 106 cm³/mol. The van der Waals surface area contributed by atoms with Crippen molar-refractivity contribution in [2.24, 2.45) is 0 Å². The highest BCUT2D eigenvalue weighted by Gasteiger charge is 2.21. The molecule has 1 fully saturated rings. The minimum absolute atomic E-state index is 0.167. The molecule has 2 heterocycles. The van der Waals surface area contributed by atoms with Crippen molar-refractivity contribution in [1.82, 2.24) is 15.0 Å². The molecule has 1 aliphatic heterocycles. The molecule has 0 saturated carbocycles. The van der Waals surface area contributed by atoms with Crippen LogP contribution in [0.15, 0.2) is 53.1 Å². The lowest BCUT2D eigenvalue weighted by Crippen LogP contribution is -2.43. The van der Waals surface area contributed by atoms with Gasteiger partial charge in [-0.05, 0) is 18.5 Å². The minimum atomic E-state index is -0.167. The summed E-state index contributed by atoms with van der Waals surface area (Å²) in [6, 6.07) is 15.8. The van der Waals surface area contributed by atoms with E-state index in [0.29, 0.717) is 12.2 Å². The van der Waals surface area contributed by atoms with E-state index in [1.54, 1.807) is 18.0 Å². The maximum Gasteiger partial charge on any atom is 0.280 e. The van der Waals surface area contributed by atoms with Crippen LogP contribution in [-0.4, -0.2) is 61.1 Å². The average Bonchev–Trinajstić information content (AvgIpc) is 3.16. The summed E-state index contributed by atoms with van der Waals surface area (Å²) in [5, 5.41) is 6.16. The third-order valence-corrected chi connectivity index (χ3v) is 5.19. The van der Waals surface area contributed by atoms with Gasteiger partial charge in [-0.3, -0.25) is 9.69 Å². The molecule has 1 aliphatic rings. The first-order valence-corrected chi connectivity index (χ1v) is 9.24. The Morgan fingerprint density at radius 1 is 1.11 bits per heavy atom. The van der Waals surface area contributed by atoms with Crippen LogP contribution in [0.3, 0.4) is 0 Å². The molecule has 0 bridgehead atoms. The van der Waals surface area contributed by atoms with Crippen molar-refractivity contribution in [3.05, 3.63) is 60.0 Å². The monoisotopic (exact) mass is 364 g/mol. The number of hydrogen-bond donors (Lipinski definition) is 0. The van der Waals surface area contributed by atoms with Crippen LogP contribution >= 0.6 is 0 Å². The number of benzene rings is 2. The predicted octanol–water partition coefficient (Wildman–Crippen LogP) is 2.85. The fraction of sp³-hybridized carbons (Fsp3) is 0.333. The van der Waals surface area contributed by atoms with Gasteiger partial charge in [0.2, 0.25) is 0 Å². The second-order valence-electron chi connectivity index (χ2n) is 7.12. The number of anilines is 1. The van der Waals surface area contributed by atoms with Gasteiger partial charge in [-0.25, -0.2) is 0 Å². The maximum atomic E-state index is 12.9. The Kier molecular flexibility index (Phi) is 4.92. The van der Waals surface area contributed by atoms with E-state index in [9.17, 15) is 4.79 Å². The molecule has 140 valence electrons. The van der Waals surface area contributed by atoms with Crippen LogP contribution in [0.1, 0.15) is 16.2 Å². The summed E-state index contributed by atoms with van der Waals surface area (Å²) < 4.78 is 5.44. The summed E-state index contributed by atoms with van der Waals surface area (Å²) in [5.41, 5.74) is 1.20. The van der Waals surface area contributed by atoms with E-state index in [2.05, 4.69) is 22.0 Å². The number of piperazine rings is 1. The number of nitrogens with zero attached hydrogens (tertiary/aromatic N) is 4. The number of carbonyl (C=O) groups is 1. The van der Waals surface area contributed by atoms with Crippen LogP contribution in [0, 0.1) is 0 Å². The minimum Gasteiger partial charge on any atom is -0.359 e. The summed E-state index contributed by atoms with van der Waals surface area (Å²) in [4.78, 5) is 19.2. The number of carbonyl (C=O) groups excluding carboxylic acids is 1. The van der Waals surface area contributed by atoms with Crippen LogP contribution in [0.5, 0.6) is 0 Å². The normalized spacial score (nSPS) is 15.9. The Morgan fingerprint density at radius 2 is 1.85 bits per heavy atom. The van der Waals surface area contributed by atoms with E-state index in [1.165, 1.54) is 0 Å². The molecule has 3 aromatic rings. The molecule has 0 N–H and O–H groups in total. The molecule has 1 saturated heterocycles. The highest BCUT2D eigenvalue weighted by Crippen LogP contribution is 2.27. The number of fused-ring (bicyclic) bond motifs is 1. The van der Waals surface area contributed by atoms with E-state index >= 15 is 0 Å². The lowest BCUT2D eigenvalue weighted by atomic mass is 10.1. The quantitative estimate of drug-likeness (QED) is 0.713. The molecule has 0 spiro atoms. The molecule has 4 rings (SSSR count). The number of hydrogen-bond acceptors (Lipinski definition) is 5. The number of aromatic nitrogens is 1. The SMILES string of the molecule is CN1CCN(Cc2cc(C(=O)N(C)c3cccc4ccccc34)no2)CC1. The first-order chi connectivity index (χ1) is 13.1. The van der Waals surface area contributed by atoms with Crippen molar-refractivity contribution in [1.29, 1.82) is 0 Å². The van der Waals surface area contributed by atoms with Crippen LogP contribution in [-0.2, 0) is 6.54 Å². The maximum absolute atomic E-state index is 12.9. The average molecular weight is 364 g/mol. The molecule has 6 nitrogen and oxygen atoms in total. The molecule has 0 aliphatic carbocycles. The number of rotatable bonds is 4. The third-order valence-electron chi connectivity index (χ3n) is 5.19. The first kappa shape index (κ1) is 17.7. The Hall–Kier alpha value is -2.70. The largest absolute Gasteiger partial charge is 0.359 e. The van der Waals surface area contributed by atoms with Crippen molar-refractivity contribution in [2.75, 3.05) is 45.2 Å². The van der Waals surface area contributed by atoms with Crippen LogP contribution in [0.25, 0.3) is 10.8 Å². The van der Waals surface area contributed by atoms with Crippen LogP contribution < -0.4 is 4.90 Å². The summed E-state index contributed by atoms with van der Waals surface area (Å²) in [6.07, 6.45) is 0. The molecule has 6 heteroatoms. The van der Waals surface area contributed by atoms with Gasteiger partial charge in [0.1, 0.15) is 0 Å². The van der Waals surface area contributed by atoms with E-state index < -0.39 is 0 Å². The molecule has 2 aromatic carbocycles. The Labute approximate surface area is 158 Å². The van der Waals surface area contributed by atoms with Crippen molar-refractivity contribution in [2.45, 2.75) is 6.54 Å². The lowest BCUT2D eigenvalue weighted by Gasteiger charge is -2.31. The van der Waals surface area contributed by atoms with E-state index in [-0.39, 0.29) is 5.91 Å². The smallest absolute Gasteiger partial charge is 0.280 e. The summed E-state index contributed by atoms with van der Waals surface area (Å²) in [6.45, 7) is 4.77. The highest BCUT2D eigenvalue weighted by molar-refractivity contribution is 6.09. The van der Waals surface area contributed by atoms with Crippen molar-refractivity contribution >= 4 is 22.4 Å².